The average Bonchev–Trinajstić information content (AvgIpc) is 2.47. The van der Waals surface area contributed by atoms with E-state index in [0.717, 1.165) is 0 Å². The van der Waals surface area contributed by atoms with Crippen LogP contribution in [0.5, 0.6) is 5.75 Å². The van der Waals surface area contributed by atoms with Gasteiger partial charge < -0.3 is 20.9 Å². The van der Waals surface area contributed by atoms with E-state index in [-0.39, 0.29) is 23.0 Å². The third-order valence-electron chi connectivity index (χ3n) is 2.76. The lowest BCUT2D eigenvalue weighted by molar-refractivity contribution is 0.0595. The summed E-state index contributed by atoms with van der Waals surface area (Å²) in [5, 5.41) is 0.386. The summed E-state index contributed by atoms with van der Waals surface area (Å²) in [4.78, 5) is 19.7. The van der Waals surface area contributed by atoms with Crippen molar-refractivity contribution in [3.63, 3.8) is 0 Å². The number of halogens is 1. The van der Waals surface area contributed by atoms with E-state index in [1.54, 1.807) is 18.2 Å². The predicted octanol–water partition coefficient (Wildman–Crippen LogP) is 1.76. The van der Waals surface area contributed by atoms with Crippen LogP contribution in [0.4, 0.5) is 11.6 Å². The van der Waals surface area contributed by atoms with E-state index in [1.165, 1.54) is 14.2 Å². The summed E-state index contributed by atoms with van der Waals surface area (Å²) in [6.45, 7) is 0. The van der Waals surface area contributed by atoms with Gasteiger partial charge in [-0.3, -0.25) is 0 Å². The monoisotopic (exact) mass is 308 g/mol. The first-order valence-corrected chi connectivity index (χ1v) is 6.21. The number of anilines is 2. The molecule has 0 aliphatic rings. The van der Waals surface area contributed by atoms with E-state index in [4.69, 9.17) is 27.8 Å². The Balaban J connectivity index is 2.66. The van der Waals surface area contributed by atoms with Crippen LogP contribution >= 0.6 is 11.6 Å². The second kappa shape index (κ2) is 5.84. The Hall–Kier alpha value is -2.54. The zero-order valence-corrected chi connectivity index (χ0v) is 12.1. The molecule has 0 atom stereocenters. The molecule has 0 saturated heterocycles. The number of rotatable bonds is 3. The maximum Gasteiger partial charge on any atom is 0.360 e. The van der Waals surface area contributed by atoms with Crippen LogP contribution in [0, 0.1) is 0 Å². The van der Waals surface area contributed by atoms with Crippen molar-refractivity contribution in [2.24, 2.45) is 0 Å². The molecule has 0 bridgehead atoms. The molecule has 2 rings (SSSR count). The SMILES string of the molecule is COC(=O)c1nc(-c2cc(OC)ccc2Cl)c(N)nc1N. The van der Waals surface area contributed by atoms with Crippen LogP contribution in [-0.2, 0) is 4.74 Å². The number of nitrogens with two attached hydrogens (primary N) is 2. The molecule has 0 amide bonds. The van der Waals surface area contributed by atoms with Gasteiger partial charge in [0.2, 0.25) is 0 Å². The maximum absolute atomic E-state index is 11.6. The average molecular weight is 309 g/mol. The van der Waals surface area contributed by atoms with Crippen molar-refractivity contribution in [1.29, 1.82) is 0 Å². The van der Waals surface area contributed by atoms with Crippen molar-refractivity contribution in [1.82, 2.24) is 9.97 Å². The van der Waals surface area contributed by atoms with Gasteiger partial charge in [0.15, 0.2) is 17.3 Å². The summed E-state index contributed by atoms with van der Waals surface area (Å²) in [7, 11) is 2.74. The normalized spacial score (nSPS) is 10.2. The Morgan fingerprint density at radius 2 is 1.90 bits per heavy atom. The largest absolute Gasteiger partial charge is 0.497 e. The molecule has 0 fully saturated rings. The second-order valence-corrected chi connectivity index (χ2v) is 4.44. The molecule has 7 nitrogen and oxygen atoms in total. The quantitative estimate of drug-likeness (QED) is 0.830. The molecular weight excluding hydrogens is 296 g/mol. The number of methoxy groups -OCH3 is 2. The van der Waals surface area contributed by atoms with E-state index >= 15 is 0 Å². The van der Waals surface area contributed by atoms with Crippen LogP contribution in [0.1, 0.15) is 10.5 Å². The van der Waals surface area contributed by atoms with Crippen LogP contribution < -0.4 is 16.2 Å². The van der Waals surface area contributed by atoms with E-state index in [9.17, 15) is 4.79 Å². The highest BCUT2D eigenvalue weighted by Gasteiger charge is 2.19. The first-order valence-electron chi connectivity index (χ1n) is 5.83. The minimum absolute atomic E-state index is 0.0512. The number of carbonyl (C=O) groups is 1. The minimum atomic E-state index is -0.708. The highest BCUT2D eigenvalue weighted by atomic mass is 35.5. The number of aromatic nitrogens is 2. The van der Waals surface area contributed by atoms with Gasteiger partial charge >= 0.3 is 5.97 Å². The van der Waals surface area contributed by atoms with E-state index in [2.05, 4.69) is 14.7 Å². The Morgan fingerprint density at radius 3 is 2.52 bits per heavy atom. The Kier molecular flexibility index (Phi) is 4.13. The minimum Gasteiger partial charge on any atom is -0.497 e. The highest BCUT2D eigenvalue weighted by molar-refractivity contribution is 6.33. The lowest BCUT2D eigenvalue weighted by atomic mass is 10.1. The molecule has 0 spiro atoms. The van der Waals surface area contributed by atoms with Crippen LogP contribution in [0.25, 0.3) is 11.3 Å². The van der Waals surface area contributed by atoms with E-state index in [0.29, 0.717) is 16.3 Å². The fourth-order valence-electron chi connectivity index (χ4n) is 1.72. The van der Waals surface area contributed by atoms with Gasteiger partial charge in [-0.05, 0) is 18.2 Å². The van der Waals surface area contributed by atoms with Gasteiger partial charge in [-0.25, -0.2) is 14.8 Å². The summed E-state index contributed by atoms with van der Waals surface area (Å²) >= 11 is 6.14. The van der Waals surface area contributed by atoms with Crippen molar-refractivity contribution >= 4 is 29.2 Å². The van der Waals surface area contributed by atoms with Crippen LogP contribution in [-0.4, -0.2) is 30.2 Å². The van der Waals surface area contributed by atoms with Crippen molar-refractivity contribution in [3.05, 3.63) is 28.9 Å². The first kappa shape index (κ1) is 14.9. The molecule has 0 unspecified atom stereocenters. The molecule has 4 N–H and O–H groups in total. The van der Waals surface area contributed by atoms with E-state index < -0.39 is 5.97 Å². The zero-order valence-electron chi connectivity index (χ0n) is 11.4. The van der Waals surface area contributed by atoms with Gasteiger partial charge in [-0.2, -0.15) is 0 Å². The summed E-state index contributed by atoms with van der Waals surface area (Å²) in [6.07, 6.45) is 0. The first-order chi connectivity index (χ1) is 9.97. The standard InChI is InChI=1S/C13H13ClN4O3/c1-20-6-3-4-8(14)7(5-6)9-11(15)18-12(16)10(17-9)13(19)21-2/h3-5H,1-2H3,(H4,15,16,18). The molecule has 1 aromatic heterocycles. The number of benzene rings is 1. The number of carbonyl (C=O) groups excluding carboxylic acids is 1. The van der Waals surface area contributed by atoms with Gasteiger partial charge in [-0.1, -0.05) is 11.6 Å². The number of ether oxygens (including phenoxy) is 2. The number of nitrogens with zero attached hydrogens (tertiary/aromatic N) is 2. The number of hydrogen-bond acceptors (Lipinski definition) is 7. The lowest BCUT2D eigenvalue weighted by Gasteiger charge is -2.11. The summed E-state index contributed by atoms with van der Waals surface area (Å²) in [6, 6.07) is 4.96. The van der Waals surface area contributed by atoms with Gasteiger partial charge in [0, 0.05) is 5.56 Å². The van der Waals surface area contributed by atoms with Crippen molar-refractivity contribution in [3.8, 4) is 17.0 Å². The molecule has 2 aromatic rings. The number of nitrogen functional groups attached to an aromatic ring is 2. The molecule has 1 aromatic carbocycles. The van der Waals surface area contributed by atoms with Gasteiger partial charge in [0.05, 0.1) is 19.2 Å². The Bertz CT molecular complexity index is 706. The fraction of sp³-hybridized carbons (Fsp3) is 0.154. The van der Waals surface area contributed by atoms with Crippen molar-refractivity contribution in [2.75, 3.05) is 25.7 Å². The highest BCUT2D eigenvalue weighted by Crippen LogP contribution is 2.33. The van der Waals surface area contributed by atoms with E-state index in [1.807, 2.05) is 0 Å². The lowest BCUT2D eigenvalue weighted by Crippen LogP contribution is -2.13. The molecule has 0 aliphatic carbocycles. The number of hydrogen-bond donors (Lipinski definition) is 2. The van der Waals surface area contributed by atoms with Crippen molar-refractivity contribution in [2.45, 2.75) is 0 Å². The molecule has 21 heavy (non-hydrogen) atoms. The molecule has 8 heteroatoms. The van der Waals surface area contributed by atoms with Gasteiger partial charge in [0.1, 0.15) is 11.4 Å². The smallest absolute Gasteiger partial charge is 0.360 e. The molecule has 1 heterocycles. The topological polar surface area (TPSA) is 113 Å². The number of esters is 1. The summed E-state index contributed by atoms with van der Waals surface area (Å²) < 4.78 is 9.73. The maximum atomic E-state index is 11.6. The molecular formula is C13H13ClN4O3. The molecule has 0 saturated carbocycles. The predicted molar refractivity (Wildman–Crippen MR) is 79.2 cm³/mol. The Morgan fingerprint density at radius 1 is 1.19 bits per heavy atom. The Labute approximate surface area is 125 Å². The molecule has 0 aliphatic heterocycles. The third kappa shape index (κ3) is 2.82. The second-order valence-electron chi connectivity index (χ2n) is 4.03. The summed E-state index contributed by atoms with van der Waals surface area (Å²) in [5.74, 6) is -0.204. The molecule has 0 radical (unpaired) electrons. The van der Waals surface area contributed by atoms with Crippen LogP contribution in [0.3, 0.4) is 0 Å². The molecule has 110 valence electrons. The van der Waals surface area contributed by atoms with Crippen molar-refractivity contribution < 1.29 is 14.3 Å². The fourth-order valence-corrected chi connectivity index (χ4v) is 1.93. The summed E-state index contributed by atoms with van der Waals surface area (Å²) in [5.41, 5.74) is 12.0. The van der Waals surface area contributed by atoms with Crippen LogP contribution in [0.15, 0.2) is 18.2 Å². The van der Waals surface area contributed by atoms with Gasteiger partial charge in [-0.15, -0.1) is 0 Å². The third-order valence-corrected chi connectivity index (χ3v) is 3.09. The van der Waals surface area contributed by atoms with Gasteiger partial charge in [0.25, 0.3) is 0 Å². The zero-order chi connectivity index (χ0) is 15.6. The van der Waals surface area contributed by atoms with Crippen LogP contribution in [0.2, 0.25) is 5.02 Å².